The van der Waals surface area contributed by atoms with Crippen molar-refractivity contribution in [3.63, 3.8) is 0 Å². The normalized spacial score (nSPS) is 15.2. The molecule has 0 unspecified atom stereocenters. The Morgan fingerprint density at radius 1 is 1.24 bits per heavy atom. The Bertz CT molecular complexity index is 425. The summed E-state index contributed by atoms with van der Waals surface area (Å²) >= 11 is 0. The van der Waals surface area contributed by atoms with Crippen LogP contribution in [-0.4, -0.2) is 45.2 Å². The van der Waals surface area contributed by atoms with Crippen LogP contribution in [0.15, 0.2) is 24.3 Å². The van der Waals surface area contributed by atoms with E-state index in [0.717, 1.165) is 51.4 Å². The third kappa shape index (κ3) is 5.48. The summed E-state index contributed by atoms with van der Waals surface area (Å²) in [6.07, 6.45) is 2.15. The number of carbonyl (C=O) groups is 1. The number of ketones is 1. The minimum Gasteiger partial charge on any atom is -0.378 e. The lowest BCUT2D eigenvalue weighted by Crippen LogP contribution is -2.36. The number of morpholine rings is 1. The number of hydrogen-bond donors (Lipinski definition) is 1. The molecule has 1 fully saturated rings. The average Bonchev–Trinajstić information content (AvgIpc) is 2.53. The number of anilines is 1. The van der Waals surface area contributed by atoms with Crippen molar-refractivity contribution in [2.75, 3.05) is 44.3 Å². The lowest BCUT2D eigenvalue weighted by Gasteiger charge is -2.28. The van der Waals surface area contributed by atoms with Crippen molar-refractivity contribution in [1.82, 2.24) is 5.32 Å². The third-order valence-electron chi connectivity index (χ3n) is 3.77. The largest absolute Gasteiger partial charge is 0.378 e. The van der Waals surface area contributed by atoms with E-state index >= 15 is 0 Å². The van der Waals surface area contributed by atoms with E-state index in [-0.39, 0.29) is 0 Å². The van der Waals surface area contributed by atoms with Crippen molar-refractivity contribution < 1.29 is 9.53 Å². The van der Waals surface area contributed by atoms with Gasteiger partial charge in [0, 0.05) is 31.6 Å². The Morgan fingerprint density at radius 3 is 2.62 bits per heavy atom. The molecule has 1 saturated heterocycles. The quantitative estimate of drug-likeness (QED) is 0.744. The molecule has 0 amide bonds. The van der Waals surface area contributed by atoms with Gasteiger partial charge in [-0.2, -0.15) is 0 Å². The number of benzene rings is 1. The van der Waals surface area contributed by atoms with Gasteiger partial charge in [0.25, 0.3) is 0 Å². The van der Waals surface area contributed by atoms with Crippen LogP contribution in [0.25, 0.3) is 0 Å². The van der Waals surface area contributed by atoms with Gasteiger partial charge in [0.15, 0.2) is 0 Å². The van der Waals surface area contributed by atoms with Crippen LogP contribution in [0.3, 0.4) is 0 Å². The number of rotatable bonds is 8. The van der Waals surface area contributed by atoms with Crippen LogP contribution in [0.5, 0.6) is 0 Å². The van der Waals surface area contributed by atoms with E-state index in [9.17, 15) is 4.79 Å². The second kappa shape index (κ2) is 8.80. The monoisotopic (exact) mass is 290 g/mol. The topological polar surface area (TPSA) is 41.6 Å². The molecule has 4 nitrogen and oxygen atoms in total. The maximum absolute atomic E-state index is 11.9. The van der Waals surface area contributed by atoms with Crippen LogP contribution >= 0.6 is 0 Å². The number of carbonyl (C=O) groups excluding carboxylic acids is 1. The first-order valence-corrected chi connectivity index (χ1v) is 7.93. The molecule has 0 saturated carbocycles. The second-order valence-corrected chi connectivity index (χ2v) is 5.44. The van der Waals surface area contributed by atoms with E-state index < -0.39 is 0 Å². The van der Waals surface area contributed by atoms with Crippen molar-refractivity contribution in [1.29, 1.82) is 0 Å². The van der Waals surface area contributed by atoms with E-state index in [0.29, 0.717) is 18.6 Å². The number of nitrogens with zero attached hydrogens (tertiary/aromatic N) is 1. The molecule has 21 heavy (non-hydrogen) atoms. The molecular formula is C17H26N2O2. The predicted octanol–water partition coefficient (Wildman–Crippen LogP) is 2.02. The first-order valence-electron chi connectivity index (χ1n) is 7.93. The van der Waals surface area contributed by atoms with Gasteiger partial charge in [-0.3, -0.25) is 4.79 Å². The van der Waals surface area contributed by atoms with Crippen LogP contribution < -0.4 is 10.2 Å². The Balaban J connectivity index is 1.77. The molecule has 0 radical (unpaired) electrons. The van der Waals surface area contributed by atoms with E-state index in [1.165, 1.54) is 5.69 Å². The van der Waals surface area contributed by atoms with E-state index in [4.69, 9.17) is 4.74 Å². The minimum absolute atomic E-state index is 0.326. The van der Waals surface area contributed by atoms with Gasteiger partial charge in [-0.1, -0.05) is 19.1 Å². The molecule has 0 aromatic heterocycles. The van der Waals surface area contributed by atoms with Crippen molar-refractivity contribution in [3.05, 3.63) is 29.8 Å². The van der Waals surface area contributed by atoms with Gasteiger partial charge in [0.2, 0.25) is 0 Å². The molecule has 0 atom stereocenters. The lowest BCUT2D eigenvalue weighted by atomic mass is 10.1. The van der Waals surface area contributed by atoms with Crippen molar-refractivity contribution in [2.24, 2.45) is 0 Å². The Morgan fingerprint density at radius 2 is 1.95 bits per heavy atom. The average molecular weight is 290 g/mol. The molecule has 1 N–H and O–H groups in total. The summed E-state index contributed by atoms with van der Waals surface area (Å²) in [6.45, 7) is 7.47. The minimum atomic E-state index is 0.326. The first-order chi connectivity index (χ1) is 10.3. The van der Waals surface area contributed by atoms with Gasteiger partial charge in [-0.05, 0) is 37.2 Å². The van der Waals surface area contributed by atoms with Crippen molar-refractivity contribution in [2.45, 2.75) is 26.2 Å². The van der Waals surface area contributed by atoms with Gasteiger partial charge >= 0.3 is 0 Å². The zero-order chi connectivity index (χ0) is 14.9. The molecule has 0 bridgehead atoms. The van der Waals surface area contributed by atoms with Crippen LogP contribution in [0.1, 0.15) is 25.3 Å². The fourth-order valence-electron chi connectivity index (χ4n) is 2.55. The van der Waals surface area contributed by atoms with Gasteiger partial charge in [-0.15, -0.1) is 0 Å². The summed E-state index contributed by atoms with van der Waals surface area (Å²) < 4.78 is 5.36. The highest BCUT2D eigenvalue weighted by Gasteiger charge is 2.11. The zero-order valence-corrected chi connectivity index (χ0v) is 12.9. The molecule has 1 aromatic rings. The highest BCUT2D eigenvalue weighted by Crippen LogP contribution is 2.17. The number of nitrogens with one attached hydrogen (secondary N) is 1. The second-order valence-electron chi connectivity index (χ2n) is 5.44. The summed E-state index contributed by atoms with van der Waals surface area (Å²) in [5.74, 6) is 0.326. The van der Waals surface area contributed by atoms with E-state index in [1.807, 2.05) is 0 Å². The van der Waals surface area contributed by atoms with Crippen molar-refractivity contribution in [3.8, 4) is 0 Å². The van der Waals surface area contributed by atoms with Crippen LogP contribution in [0.4, 0.5) is 5.69 Å². The Kier molecular flexibility index (Phi) is 6.70. The summed E-state index contributed by atoms with van der Waals surface area (Å²) in [6, 6.07) is 8.39. The molecule has 0 spiro atoms. The van der Waals surface area contributed by atoms with Crippen LogP contribution in [0.2, 0.25) is 0 Å². The molecule has 4 heteroatoms. The summed E-state index contributed by atoms with van der Waals surface area (Å²) in [7, 11) is 0. The molecule has 1 heterocycles. The first kappa shape index (κ1) is 16.0. The Hall–Kier alpha value is -1.39. The van der Waals surface area contributed by atoms with Gasteiger partial charge in [0.1, 0.15) is 5.78 Å². The third-order valence-corrected chi connectivity index (χ3v) is 3.77. The SMILES string of the molecule is CCNCCCC(=O)Cc1ccc(N2CCOCC2)cc1. The maximum Gasteiger partial charge on any atom is 0.137 e. The molecule has 1 aliphatic rings. The highest BCUT2D eigenvalue weighted by molar-refractivity contribution is 5.80. The van der Waals surface area contributed by atoms with E-state index in [2.05, 4.69) is 41.4 Å². The number of Topliss-reactive ketones (excluding diaryl/α,β-unsaturated/α-hetero) is 1. The molecule has 1 aliphatic heterocycles. The fourth-order valence-corrected chi connectivity index (χ4v) is 2.55. The fraction of sp³-hybridized carbons (Fsp3) is 0.588. The van der Waals surface area contributed by atoms with Gasteiger partial charge < -0.3 is 15.0 Å². The summed E-state index contributed by atoms with van der Waals surface area (Å²) in [5.41, 5.74) is 2.34. The Labute approximate surface area is 127 Å². The predicted molar refractivity (Wildman–Crippen MR) is 86.0 cm³/mol. The van der Waals surface area contributed by atoms with Crippen LogP contribution in [0, 0.1) is 0 Å². The summed E-state index contributed by atoms with van der Waals surface area (Å²) in [4.78, 5) is 14.2. The van der Waals surface area contributed by atoms with E-state index in [1.54, 1.807) is 0 Å². The standard InChI is InChI=1S/C17H26N2O2/c1-2-18-9-3-4-17(20)14-15-5-7-16(8-6-15)19-10-12-21-13-11-19/h5-8,18H,2-4,9-14H2,1H3. The van der Waals surface area contributed by atoms with Gasteiger partial charge in [-0.25, -0.2) is 0 Å². The molecule has 116 valence electrons. The lowest BCUT2D eigenvalue weighted by molar-refractivity contribution is -0.118. The van der Waals surface area contributed by atoms with Crippen molar-refractivity contribution >= 4 is 11.5 Å². The highest BCUT2D eigenvalue weighted by atomic mass is 16.5. The zero-order valence-electron chi connectivity index (χ0n) is 12.9. The summed E-state index contributed by atoms with van der Waals surface area (Å²) in [5, 5.41) is 3.24. The van der Waals surface area contributed by atoms with Gasteiger partial charge in [0.05, 0.1) is 13.2 Å². The molecule has 1 aromatic carbocycles. The molecule has 0 aliphatic carbocycles. The van der Waals surface area contributed by atoms with Crippen LogP contribution in [-0.2, 0) is 16.0 Å². The molecular weight excluding hydrogens is 264 g/mol. The number of hydrogen-bond acceptors (Lipinski definition) is 4. The smallest absolute Gasteiger partial charge is 0.137 e. The molecule has 2 rings (SSSR count). The number of ether oxygens (including phenoxy) is 1. The maximum atomic E-state index is 11.9.